The van der Waals surface area contributed by atoms with Gasteiger partial charge >= 0.3 is 35.3 Å². The van der Waals surface area contributed by atoms with Crippen LogP contribution in [0.25, 0.3) is 11.9 Å². The third kappa shape index (κ3) is 131. The molecule has 68 heavy (non-hydrogen) atoms. The zero-order valence-electron chi connectivity index (χ0n) is 45.6. The molecular formula is C55H98Cl2N10Pt. The summed E-state index contributed by atoms with van der Waals surface area (Å²) in [5, 5.41) is 0. The van der Waals surface area contributed by atoms with Crippen molar-refractivity contribution in [3.63, 3.8) is 0 Å². The van der Waals surface area contributed by atoms with E-state index in [2.05, 4.69) is 105 Å². The van der Waals surface area contributed by atoms with Crippen LogP contribution in [0.15, 0.2) is 187 Å². The standard InChI is InChI=1S/C12H20N.4C6H7N.C4H8.3C2H5N.2C2H6.2C2H4.CH5N.2ClH.H2N.Pt/c1-4-7-9-12(13)10-11(6-3)8-5-2;4*1-6-4-2-3-5-7-6;1-3-4-2;3*1-3-2;5*1-2;;;;/h4-8,12-13H,9-10H2,1-3H3;4*2-5H,1H3;3-4H,1-2H3;3*1H2,2H3;2*1-2H3;2*1-2H2;2H2,1H3;2*1H;1H2;/q-1;;;;;;;;;;;;;;;;-1;+4/p-2/b7-4+,8-5-,11-6+;;;;;4-3-;;;;;;;;;;;;. The Bertz CT molecular complexity index is 1330. The summed E-state index contributed by atoms with van der Waals surface area (Å²) in [6.45, 7) is 47.3. The average molecular weight is 1170 g/mol. The molecule has 4 heterocycles. The molecule has 4 aromatic heterocycles. The number of nitrogens with one attached hydrogen (secondary N) is 1. The summed E-state index contributed by atoms with van der Waals surface area (Å²) in [5.41, 5.74) is 17.8. The van der Waals surface area contributed by atoms with Crippen LogP contribution in [0.5, 0.6) is 0 Å². The van der Waals surface area contributed by atoms with Gasteiger partial charge in [0.05, 0.1) is 0 Å². The number of nitrogens with two attached hydrogens (primary N) is 2. The van der Waals surface area contributed by atoms with Crippen LogP contribution in [0.3, 0.4) is 0 Å². The molecule has 1 unspecified atom stereocenters. The van der Waals surface area contributed by atoms with Crippen molar-refractivity contribution in [3.05, 3.63) is 207 Å². The fourth-order valence-electron chi connectivity index (χ4n) is 2.96. The van der Waals surface area contributed by atoms with E-state index in [9.17, 15) is 0 Å². The van der Waals surface area contributed by atoms with Gasteiger partial charge in [0.15, 0.2) is 0 Å². The molecule has 392 valence electrons. The molecule has 10 nitrogen and oxygen atoms in total. The second-order valence-corrected chi connectivity index (χ2v) is 13.9. The maximum atomic E-state index is 7.76. The predicted molar refractivity (Wildman–Crippen MR) is 316 cm³/mol. The van der Waals surface area contributed by atoms with Crippen LogP contribution in [0.1, 0.15) is 97.9 Å². The first kappa shape index (κ1) is 93.3. The summed E-state index contributed by atoms with van der Waals surface area (Å²) in [4.78, 5) is 25.7. The Morgan fingerprint density at radius 1 is 0.574 bits per heavy atom. The van der Waals surface area contributed by atoms with E-state index in [1.165, 1.54) is 12.6 Å². The quantitative estimate of drug-likeness (QED) is 0.119. The Kier molecular flexibility index (Phi) is 150. The van der Waals surface area contributed by atoms with Crippen LogP contribution in [-0.2, 0) is 16.5 Å². The Labute approximate surface area is 437 Å². The average Bonchev–Trinajstić information content (AvgIpc) is 3.37. The number of halogens is 2. The molecule has 0 spiro atoms. The molecule has 0 fully saturated rings. The second kappa shape index (κ2) is 109. The van der Waals surface area contributed by atoms with Gasteiger partial charge < -0.3 is 32.6 Å². The first-order valence-corrected chi connectivity index (χ1v) is 27.2. The maximum absolute atomic E-state index is 7.76. The number of nitrogens with zero attached hydrogens (tertiary/aromatic N) is 7. The SMILES string of the molecule is C/C=C\C.C/C=C\C(=C/C)CC([NH-])C/C=C/C.C=C.C=C.C=NC.C=NC.C=NC.CC.CC.CN.Cc1ccccn1.Cc1ccccn1.Cc1ccccn1.Cc1ccccn1.[Cl][Pt+2][Cl].[NH2-]. The molecule has 0 aromatic carbocycles. The van der Waals surface area contributed by atoms with Crippen molar-refractivity contribution in [2.24, 2.45) is 20.7 Å². The molecule has 0 aliphatic heterocycles. The molecule has 0 saturated carbocycles. The van der Waals surface area contributed by atoms with Crippen LogP contribution >= 0.6 is 18.8 Å². The van der Waals surface area contributed by atoms with Crippen molar-refractivity contribution < 1.29 is 16.5 Å². The fraction of sp³-hybridized carbons (Fsp3) is 0.364. The van der Waals surface area contributed by atoms with Crippen LogP contribution in [0.2, 0.25) is 0 Å². The van der Waals surface area contributed by atoms with Gasteiger partial charge in [-0.2, -0.15) is 0 Å². The van der Waals surface area contributed by atoms with E-state index in [1.807, 2.05) is 187 Å². The summed E-state index contributed by atoms with van der Waals surface area (Å²) in [6, 6.07) is 23.4. The van der Waals surface area contributed by atoms with Gasteiger partial charge in [-0.05, 0) is 144 Å². The van der Waals surface area contributed by atoms with Gasteiger partial charge in [-0.15, -0.1) is 32.4 Å². The minimum absolute atomic E-state index is 0. The van der Waals surface area contributed by atoms with Crippen molar-refractivity contribution in [1.29, 1.82) is 0 Å². The first-order chi connectivity index (χ1) is 32.4. The number of hydrogen-bond donors (Lipinski definition) is 1. The van der Waals surface area contributed by atoms with E-state index in [4.69, 9.17) is 24.6 Å². The zero-order valence-corrected chi connectivity index (χ0v) is 49.4. The van der Waals surface area contributed by atoms with Gasteiger partial charge in [-0.1, -0.05) is 106 Å². The van der Waals surface area contributed by atoms with Crippen molar-refractivity contribution in [1.82, 2.24) is 19.9 Å². The molecule has 4 rings (SSSR count). The summed E-state index contributed by atoms with van der Waals surface area (Å²) >= 11 is -0.472. The Morgan fingerprint density at radius 3 is 0.926 bits per heavy atom. The number of aromatic nitrogens is 4. The number of pyridine rings is 4. The molecule has 0 radical (unpaired) electrons. The van der Waals surface area contributed by atoms with Gasteiger partial charge in [0.25, 0.3) is 0 Å². The van der Waals surface area contributed by atoms with Crippen molar-refractivity contribution in [2.75, 3.05) is 28.2 Å². The van der Waals surface area contributed by atoms with E-state index in [0.29, 0.717) is 0 Å². The van der Waals surface area contributed by atoms with Gasteiger partial charge in [-0.25, -0.2) is 0 Å². The van der Waals surface area contributed by atoms with Crippen LogP contribution in [0.4, 0.5) is 0 Å². The summed E-state index contributed by atoms with van der Waals surface area (Å²) in [5.74, 6) is 0. The van der Waals surface area contributed by atoms with Crippen molar-refractivity contribution in [2.45, 2.75) is 109 Å². The third-order valence-corrected chi connectivity index (χ3v) is 5.47. The number of aryl methyl sites for hydroxylation is 4. The predicted octanol–water partition coefficient (Wildman–Crippen LogP) is 17.7. The van der Waals surface area contributed by atoms with Crippen LogP contribution in [-0.4, -0.2) is 74.3 Å². The third-order valence-electron chi connectivity index (χ3n) is 5.47. The van der Waals surface area contributed by atoms with Crippen molar-refractivity contribution >= 4 is 39.0 Å². The van der Waals surface area contributed by atoms with Gasteiger partial charge in [0.1, 0.15) is 0 Å². The van der Waals surface area contributed by atoms with E-state index in [0.717, 1.165) is 35.6 Å². The number of allylic oxidation sites excluding steroid dienone is 6. The van der Waals surface area contributed by atoms with E-state index in [1.54, 1.807) is 45.9 Å². The molecule has 0 amide bonds. The maximum Gasteiger partial charge on any atom is -0.693 e. The zero-order chi connectivity index (χ0) is 54.8. The van der Waals surface area contributed by atoms with E-state index in [-0.39, 0.29) is 12.2 Å². The number of rotatable bonds is 5. The normalized spacial score (nSPS) is 8.46. The Balaban J connectivity index is -0.0000000517. The fourth-order valence-corrected chi connectivity index (χ4v) is 2.96. The molecular weight excluding hydrogens is 1070 g/mol. The van der Waals surface area contributed by atoms with Gasteiger partial charge in [0.2, 0.25) is 0 Å². The topological polar surface area (TPSA) is 172 Å². The van der Waals surface area contributed by atoms with E-state index >= 15 is 0 Å². The molecule has 5 N–H and O–H groups in total. The van der Waals surface area contributed by atoms with Gasteiger partial charge in [0, 0.05) is 68.7 Å². The summed E-state index contributed by atoms with van der Waals surface area (Å²) in [6.07, 6.45) is 23.1. The van der Waals surface area contributed by atoms with Crippen LogP contribution < -0.4 is 5.73 Å². The Morgan fingerprint density at radius 2 is 0.809 bits per heavy atom. The number of hydrogen-bond acceptors (Lipinski definition) is 8. The van der Waals surface area contributed by atoms with Crippen LogP contribution in [0, 0.1) is 27.7 Å². The molecule has 13 heteroatoms. The molecule has 1 atom stereocenters. The minimum Gasteiger partial charge on any atom is -0.693 e. The molecule has 0 saturated heterocycles. The molecule has 4 aromatic rings. The van der Waals surface area contributed by atoms with Gasteiger partial charge in [-0.3, -0.25) is 19.9 Å². The largest absolute Gasteiger partial charge is 0.693 e. The first-order valence-electron chi connectivity index (χ1n) is 21.5. The van der Waals surface area contributed by atoms with E-state index < -0.39 is 16.5 Å². The number of aliphatic imine (C=N–C) groups is 3. The molecule has 0 aliphatic rings. The minimum atomic E-state index is -0.472. The molecule has 0 bridgehead atoms. The summed E-state index contributed by atoms with van der Waals surface area (Å²) in [7, 11) is 16.2. The summed E-state index contributed by atoms with van der Waals surface area (Å²) < 4.78 is 0. The molecule has 0 aliphatic carbocycles. The second-order valence-electron chi connectivity index (χ2n) is 10.6. The Hall–Kier alpha value is -4.80. The monoisotopic (exact) mass is 1160 g/mol. The smallest absolute Gasteiger partial charge is 0.693 e. The van der Waals surface area contributed by atoms with Crippen molar-refractivity contribution in [3.8, 4) is 0 Å².